The molecule has 0 saturated carbocycles. The summed E-state index contributed by atoms with van der Waals surface area (Å²) in [6, 6.07) is 13.0. The van der Waals surface area contributed by atoms with E-state index < -0.39 is 5.97 Å². The van der Waals surface area contributed by atoms with E-state index in [1.807, 2.05) is 42.5 Å². The molecule has 0 spiro atoms. The highest BCUT2D eigenvalue weighted by molar-refractivity contribution is 6.03. The number of carbonyl (C=O) groups is 2. The molecule has 1 atom stereocenters. The second kappa shape index (κ2) is 8.91. The number of amides is 1. The number of ether oxygens (including phenoxy) is 1. The summed E-state index contributed by atoms with van der Waals surface area (Å²) in [5.41, 5.74) is 4.13. The third-order valence-corrected chi connectivity index (χ3v) is 5.25. The zero-order chi connectivity index (χ0) is 21.8. The lowest BCUT2D eigenvalue weighted by Gasteiger charge is -2.22. The van der Waals surface area contributed by atoms with E-state index >= 15 is 0 Å². The van der Waals surface area contributed by atoms with Gasteiger partial charge in [0.05, 0.1) is 29.9 Å². The molecule has 2 heterocycles. The number of methoxy groups -OCH3 is 1. The first-order valence-corrected chi connectivity index (χ1v) is 10.0. The number of benzene rings is 2. The number of nitrogens with zero attached hydrogens (tertiary/aromatic N) is 4. The van der Waals surface area contributed by atoms with Gasteiger partial charge in [0.25, 0.3) is 0 Å². The van der Waals surface area contributed by atoms with Crippen molar-refractivity contribution in [3.63, 3.8) is 0 Å². The lowest BCUT2D eigenvalue weighted by molar-refractivity contribution is -0.137. The fraction of sp³-hybridized carbons (Fsp3) is 0.261. The third kappa shape index (κ3) is 4.53. The van der Waals surface area contributed by atoms with E-state index in [1.54, 1.807) is 19.5 Å². The minimum absolute atomic E-state index is 0.0507. The van der Waals surface area contributed by atoms with Gasteiger partial charge in [0.15, 0.2) is 0 Å². The van der Waals surface area contributed by atoms with Crippen LogP contribution in [0.3, 0.4) is 0 Å². The predicted molar refractivity (Wildman–Crippen MR) is 115 cm³/mol. The van der Waals surface area contributed by atoms with E-state index in [0.29, 0.717) is 6.42 Å². The van der Waals surface area contributed by atoms with Gasteiger partial charge in [-0.05, 0) is 53.9 Å². The normalized spacial score (nSPS) is 15.7. The van der Waals surface area contributed by atoms with Crippen LogP contribution in [0.15, 0.2) is 60.0 Å². The molecule has 2 aromatic carbocycles. The van der Waals surface area contributed by atoms with E-state index in [4.69, 9.17) is 9.84 Å². The van der Waals surface area contributed by atoms with Crippen molar-refractivity contribution >= 4 is 28.6 Å². The summed E-state index contributed by atoms with van der Waals surface area (Å²) in [5, 5.41) is 15.0. The Morgan fingerprint density at radius 2 is 1.81 bits per heavy atom. The Morgan fingerprint density at radius 1 is 1.06 bits per heavy atom. The highest BCUT2D eigenvalue weighted by atomic mass is 16.5. The van der Waals surface area contributed by atoms with Crippen LogP contribution in [0.5, 0.6) is 5.75 Å². The lowest BCUT2D eigenvalue weighted by atomic mass is 9.97. The van der Waals surface area contributed by atoms with Crippen LogP contribution in [0.4, 0.5) is 0 Å². The number of carboxylic acids is 1. The second-order valence-corrected chi connectivity index (χ2v) is 7.29. The summed E-state index contributed by atoms with van der Waals surface area (Å²) in [7, 11) is 1.61. The molecule has 0 saturated heterocycles. The zero-order valence-corrected chi connectivity index (χ0v) is 17.1. The number of rotatable bonds is 7. The van der Waals surface area contributed by atoms with E-state index in [1.165, 1.54) is 5.01 Å². The van der Waals surface area contributed by atoms with Crippen LogP contribution < -0.4 is 4.74 Å². The van der Waals surface area contributed by atoms with Crippen LogP contribution in [0.2, 0.25) is 0 Å². The fourth-order valence-corrected chi connectivity index (χ4v) is 3.65. The number of hydrogen-bond acceptors (Lipinski definition) is 6. The molecule has 1 aliphatic rings. The van der Waals surface area contributed by atoms with E-state index in [0.717, 1.165) is 33.6 Å². The smallest absolute Gasteiger partial charge is 0.303 e. The maximum atomic E-state index is 12.9. The van der Waals surface area contributed by atoms with Crippen molar-refractivity contribution in [3.8, 4) is 5.75 Å². The molecule has 1 amide bonds. The van der Waals surface area contributed by atoms with Crippen molar-refractivity contribution in [2.45, 2.75) is 31.7 Å². The van der Waals surface area contributed by atoms with Crippen molar-refractivity contribution in [1.29, 1.82) is 0 Å². The summed E-state index contributed by atoms with van der Waals surface area (Å²) in [5.74, 6) is -0.371. The van der Waals surface area contributed by atoms with Gasteiger partial charge >= 0.3 is 5.97 Å². The van der Waals surface area contributed by atoms with Gasteiger partial charge < -0.3 is 9.84 Å². The second-order valence-electron chi connectivity index (χ2n) is 7.29. The molecule has 0 radical (unpaired) electrons. The Balaban J connectivity index is 1.64. The van der Waals surface area contributed by atoms with Gasteiger partial charge in [-0.1, -0.05) is 6.07 Å². The number of carboxylic acid groups (broad SMARTS) is 1. The van der Waals surface area contributed by atoms with Gasteiger partial charge in [-0.15, -0.1) is 0 Å². The van der Waals surface area contributed by atoms with Crippen LogP contribution >= 0.6 is 0 Å². The topological polar surface area (TPSA) is 105 Å². The van der Waals surface area contributed by atoms with Crippen molar-refractivity contribution in [2.24, 2.45) is 5.10 Å². The number of hydrogen-bond donors (Lipinski definition) is 1. The van der Waals surface area contributed by atoms with Gasteiger partial charge in [0.1, 0.15) is 5.75 Å². The van der Waals surface area contributed by atoms with E-state index in [2.05, 4.69) is 15.1 Å². The molecule has 0 aliphatic carbocycles. The van der Waals surface area contributed by atoms with Gasteiger partial charge in [-0.2, -0.15) is 5.10 Å². The van der Waals surface area contributed by atoms with Crippen molar-refractivity contribution in [1.82, 2.24) is 15.0 Å². The lowest BCUT2D eigenvalue weighted by Crippen LogP contribution is -2.27. The molecule has 0 bridgehead atoms. The highest BCUT2D eigenvalue weighted by Gasteiger charge is 2.33. The summed E-state index contributed by atoms with van der Waals surface area (Å²) in [4.78, 5) is 32.4. The Bertz CT molecular complexity index is 1140. The molecule has 3 aromatic rings. The number of aromatic nitrogens is 2. The molecule has 31 heavy (non-hydrogen) atoms. The first kappa shape index (κ1) is 20.5. The standard InChI is InChI=1S/C23H22N4O4/c1-31-17-8-5-15(6-9-17)19-14-21(27(26-19)22(28)3-2-4-23(29)30)16-7-10-18-20(13-16)25-12-11-24-18/h5-13,21H,2-4,14H2,1H3,(H,29,30)/t21-/m0/s1. The fourth-order valence-electron chi connectivity index (χ4n) is 3.65. The van der Waals surface area contributed by atoms with Gasteiger partial charge in [0.2, 0.25) is 5.91 Å². The maximum absolute atomic E-state index is 12.9. The Morgan fingerprint density at radius 3 is 2.52 bits per heavy atom. The summed E-state index contributed by atoms with van der Waals surface area (Å²) >= 11 is 0. The van der Waals surface area contributed by atoms with Crippen molar-refractivity contribution in [2.75, 3.05) is 7.11 Å². The van der Waals surface area contributed by atoms with E-state index in [-0.39, 0.29) is 31.2 Å². The molecule has 0 unspecified atom stereocenters. The monoisotopic (exact) mass is 418 g/mol. The number of hydrazone groups is 1. The Hall–Kier alpha value is -3.81. The minimum Gasteiger partial charge on any atom is -0.497 e. The summed E-state index contributed by atoms with van der Waals surface area (Å²) in [6.07, 6.45) is 4.16. The van der Waals surface area contributed by atoms with E-state index in [9.17, 15) is 9.59 Å². The first-order chi connectivity index (χ1) is 15.0. The van der Waals surface area contributed by atoms with Crippen LogP contribution in [0, 0.1) is 0 Å². The number of fused-ring (bicyclic) bond motifs is 1. The first-order valence-electron chi connectivity index (χ1n) is 10.0. The molecule has 8 heteroatoms. The molecule has 8 nitrogen and oxygen atoms in total. The molecule has 4 rings (SSSR count). The average molecular weight is 418 g/mol. The predicted octanol–water partition coefficient (Wildman–Crippen LogP) is 3.57. The molecule has 1 aromatic heterocycles. The molecule has 0 fully saturated rings. The van der Waals surface area contributed by atoms with Gasteiger partial charge in [0, 0.05) is 31.7 Å². The van der Waals surface area contributed by atoms with Gasteiger partial charge in [-0.25, -0.2) is 5.01 Å². The molecule has 158 valence electrons. The minimum atomic E-state index is -0.915. The molecular weight excluding hydrogens is 396 g/mol. The molecule has 1 aliphatic heterocycles. The summed E-state index contributed by atoms with van der Waals surface area (Å²) in [6.45, 7) is 0. The number of aliphatic carboxylic acids is 1. The summed E-state index contributed by atoms with van der Waals surface area (Å²) < 4.78 is 5.22. The largest absolute Gasteiger partial charge is 0.497 e. The zero-order valence-electron chi connectivity index (χ0n) is 17.1. The van der Waals surface area contributed by atoms with Crippen LogP contribution in [-0.4, -0.2) is 44.8 Å². The van der Waals surface area contributed by atoms with Crippen LogP contribution in [0.25, 0.3) is 11.0 Å². The van der Waals surface area contributed by atoms with Crippen LogP contribution in [-0.2, 0) is 9.59 Å². The van der Waals surface area contributed by atoms with Crippen LogP contribution in [0.1, 0.15) is 42.9 Å². The Kier molecular flexibility index (Phi) is 5.88. The van der Waals surface area contributed by atoms with Gasteiger partial charge in [-0.3, -0.25) is 19.6 Å². The Labute approximate surface area is 179 Å². The maximum Gasteiger partial charge on any atom is 0.303 e. The van der Waals surface area contributed by atoms with Crippen molar-refractivity contribution in [3.05, 3.63) is 66.0 Å². The average Bonchev–Trinajstić information content (AvgIpc) is 3.24. The molecular formula is C23H22N4O4. The third-order valence-electron chi connectivity index (χ3n) is 5.25. The quantitative estimate of drug-likeness (QED) is 0.629. The SMILES string of the molecule is COc1ccc(C2=NN(C(=O)CCCC(=O)O)[C@H](c3ccc4nccnc4c3)C2)cc1. The number of carbonyl (C=O) groups excluding carboxylic acids is 1. The van der Waals surface area contributed by atoms with Crippen molar-refractivity contribution < 1.29 is 19.4 Å². The molecule has 1 N–H and O–H groups in total. The highest BCUT2D eigenvalue weighted by Crippen LogP contribution is 2.34.